The maximum atomic E-state index is 12.7. The predicted octanol–water partition coefficient (Wildman–Crippen LogP) is 2.47. The zero-order valence-electron chi connectivity index (χ0n) is 16.8. The van der Waals surface area contributed by atoms with Gasteiger partial charge in [0.15, 0.2) is 6.73 Å². The molecule has 11 heteroatoms. The Hall–Kier alpha value is -4.33. The van der Waals surface area contributed by atoms with Crippen molar-refractivity contribution in [3.63, 3.8) is 0 Å². The molecule has 1 aromatic carbocycles. The van der Waals surface area contributed by atoms with E-state index in [1.54, 1.807) is 38.1 Å². The van der Waals surface area contributed by atoms with Crippen LogP contribution in [0, 0.1) is 21.4 Å². The number of hydrogen-bond acceptors (Lipinski definition) is 9. The number of aromatic nitrogens is 2. The summed E-state index contributed by atoms with van der Waals surface area (Å²) < 4.78 is 17.6. The Balaban J connectivity index is 2.00. The van der Waals surface area contributed by atoms with Crippen molar-refractivity contribution < 1.29 is 23.9 Å². The van der Waals surface area contributed by atoms with Crippen LogP contribution in [0.1, 0.15) is 25.3 Å². The van der Waals surface area contributed by atoms with Gasteiger partial charge >= 0.3 is 11.7 Å². The van der Waals surface area contributed by atoms with Gasteiger partial charge in [0, 0.05) is 5.56 Å². The van der Waals surface area contributed by atoms with E-state index in [1.165, 1.54) is 10.9 Å². The Morgan fingerprint density at radius 2 is 2.19 bits per heavy atom. The minimum absolute atomic E-state index is 0.0411. The van der Waals surface area contributed by atoms with Gasteiger partial charge in [0.1, 0.15) is 35.5 Å². The molecule has 0 amide bonds. The molecule has 0 aliphatic carbocycles. The zero-order valence-corrected chi connectivity index (χ0v) is 16.8. The largest absolute Gasteiger partial charge is 0.471 e. The summed E-state index contributed by atoms with van der Waals surface area (Å²) in [5, 5.41) is 24.4. The molecule has 0 bridgehead atoms. The van der Waals surface area contributed by atoms with Crippen molar-refractivity contribution in [2.75, 3.05) is 6.61 Å². The number of nitriles is 1. The second-order valence-electron chi connectivity index (χ2n) is 6.42. The van der Waals surface area contributed by atoms with Crippen LogP contribution < -0.4 is 10.5 Å². The van der Waals surface area contributed by atoms with Crippen LogP contribution in [0.25, 0.3) is 0 Å². The number of benzene rings is 1. The third kappa shape index (κ3) is 4.32. The molecule has 0 saturated heterocycles. The Morgan fingerprint density at radius 3 is 2.84 bits per heavy atom. The fourth-order valence-corrected chi connectivity index (χ4v) is 3.17. The van der Waals surface area contributed by atoms with E-state index in [1.807, 2.05) is 6.07 Å². The van der Waals surface area contributed by atoms with Crippen LogP contribution >= 0.6 is 0 Å². The molecule has 11 nitrogen and oxygen atoms in total. The van der Waals surface area contributed by atoms with E-state index in [9.17, 15) is 20.2 Å². The van der Waals surface area contributed by atoms with Gasteiger partial charge in [-0.15, -0.1) is 0 Å². The Labute approximate surface area is 177 Å². The number of allylic oxidation sites excluding steroid dienone is 2. The smallest absolute Gasteiger partial charge is 0.338 e. The van der Waals surface area contributed by atoms with Gasteiger partial charge in [-0.25, -0.2) is 9.48 Å². The highest BCUT2D eigenvalue weighted by Crippen LogP contribution is 2.42. The number of esters is 1. The molecule has 0 spiro atoms. The van der Waals surface area contributed by atoms with Crippen molar-refractivity contribution in [3.05, 3.63) is 75.1 Å². The molecule has 2 N–H and O–H groups in total. The SMILES string of the molecule is CCOC(=O)C1=C(C)OC(N)=C(C#N)C1c1ccccc1OCn1cc([N+](=O)[O-])cn1. The van der Waals surface area contributed by atoms with Crippen molar-refractivity contribution in [2.24, 2.45) is 5.73 Å². The standard InChI is InChI=1S/C20H19N5O6/c1-3-29-20(26)17-12(2)31-19(22)15(8-21)18(17)14-6-4-5-7-16(14)30-11-24-10-13(9-23-24)25(27)28/h4-7,9-10,18H,3,11,22H2,1-2H3. The maximum Gasteiger partial charge on any atom is 0.338 e. The molecular formula is C20H19N5O6. The second kappa shape index (κ2) is 9.00. The van der Waals surface area contributed by atoms with E-state index in [0.29, 0.717) is 11.3 Å². The number of nitro groups is 1. The molecule has 1 unspecified atom stereocenters. The third-order valence-electron chi connectivity index (χ3n) is 4.51. The Kier molecular flexibility index (Phi) is 6.21. The van der Waals surface area contributed by atoms with E-state index in [4.69, 9.17) is 19.9 Å². The van der Waals surface area contributed by atoms with Gasteiger partial charge in [0.25, 0.3) is 0 Å². The van der Waals surface area contributed by atoms with E-state index in [2.05, 4.69) is 5.10 Å². The molecule has 0 radical (unpaired) electrons. The predicted molar refractivity (Wildman–Crippen MR) is 106 cm³/mol. The third-order valence-corrected chi connectivity index (χ3v) is 4.51. The van der Waals surface area contributed by atoms with E-state index < -0.39 is 16.8 Å². The minimum atomic E-state index is -0.874. The van der Waals surface area contributed by atoms with Crippen molar-refractivity contribution in [2.45, 2.75) is 26.5 Å². The fraction of sp³-hybridized carbons (Fsp3) is 0.250. The van der Waals surface area contributed by atoms with Crippen LogP contribution in [0.3, 0.4) is 0 Å². The van der Waals surface area contributed by atoms with Crippen molar-refractivity contribution in [1.82, 2.24) is 9.78 Å². The monoisotopic (exact) mass is 425 g/mol. The molecule has 0 fully saturated rings. The van der Waals surface area contributed by atoms with Crippen LogP contribution in [-0.4, -0.2) is 27.3 Å². The van der Waals surface area contributed by atoms with Crippen LogP contribution in [0.4, 0.5) is 5.69 Å². The molecule has 2 aromatic rings. The van der Waals surface area contributed by atoms with Gasteiger partial charge in [-0.3, -0.25) is 10.1 Å². The second-order valence-corrected chi connectivity index (χ2v) is 6.42. The number of rotatable bonds is 7. The summed E-state index contributed by atoms with van der Waals surface area (Å²) >= 11 is 0. The van der Waals surface area contributed by atoms with Crippen molar-refractivity contribution >= 4 is 11.7 Å². The first kappa shape index (κ1) is 21.4. The van der Waals surface area contributed by atoms with Gasteiger partial charge in [-0.05, 0) is 19.9 Å². The van der Waals surface area contributed by atoms with E-state index >= 15 is 0 Å². The van der Waals surface area contributed by atoms with E-state index in [-0.39, 0.29) is 41.8 Å². The molecular weight excluding hydrogens is 406 g/mol. The summed E-state index contributed by atoms with van der Waals surface area (Å²) in [6.45, 7) is 3.24. The topological polar surface area (TPSA) is 156 Å². The van der Waals surface area contributed by atoms with Gasteiger partial charge in [0.05, 0.1) is 23.0 Å². The number of ether oxygens (including phenoxy) is 3. The average Bonchev–Trinajstić information content (AvgIpc) is 3.21. The molecule has 1 aliphatic rings. The maximum absolute atomic E-state index is 12.7. The number of nitrogens with zero attached hydrogens (tertiary/aromatic N) is 4. The number of hydrogen-bond donors (Lipinski definition) is 1. The summed E-state index contributed by atoms with van der Waals surface area (Å²) in [4.78, 5) is 22.9. The van der Waals surface area contributed by atoms with Gasteiger partial charge < -0.3 is 19.9 Å². The van der Waals surface area contributed by atoms with E-state index in [0.717, 1.165) is 6.20 Å². The molecule has 3 rings (SSSR count). The minimum Gasteiger partial charge on any atom is -0.471 e. The van der Waals surface area contributed by atoms with Gasteiger partial charge in [0.2, 0.25) is 5.88 Å². The molecule has 160 valence electrons. The Bertz CT molecular complexity index is 1130. The lowest BCUT2D eigenvalue weighted by Gasteiger charge is -2.28. The number of carbonyl (C=O) groups is 1. The van der Waals surface area contributed by atoms with Gasteiger partial charge in [-0.1, -0.05) is 18.2 Å². The van der Waals surface area contributed by atoms with Crippen LogP contribution in [-0.2, 0) is 21.0 Å². The summed E-state index contributed by atoms with van der Waals surface area (Å²) in [6.07, 6.45) is 2.33. The number of nitrogens with two attached hydrogens (primary N) is 1. The molecule has 1 aliphatic heterocycles. The highest BCUT2D eigenvalue weighted by molar-refractivity contribution is 5.92. The first-order valence-corrected chi connectivity index (χ1v) is 9.21. The fourth-order valence-electron chi connectivity index (χ4n) is 3.17. The lowest BCUT2D eigenvalue weighted by Crippen LogP contribution is -2.26. The summed E-state index contributed by atoms with van der Waals surface area (Å²) in [6, 6.07) is 8.77. The molecule has 31 heavy (non-hydrogen) atoms. The summed E-state index contributed by atoms with van der Waals surface area (Å²) in [5.74, 6) is -1.07. The van der Waals surface area contributed by atoms with Crippen LogP contribution in [0.15, 0.2) is 59.4 Å². The first-order chi connectivity index (χ1) is 14.9. The zero-order chi connectivity index (χ0) is 22.5. The highest BCUT2D eigenvalue weighted by Gasteiger charge is 2.37. The summed E-state index contributed by atoms with van der Waals surface area (Å²) in [7, 11) is 0. The average molecular weight is 425 g/mol. The van der Waals surface area contributed by atoms with Crippen molar-refractivity contribution in [1.29, 1.82) is 5.26 Å². The number of para-hydroxylation sites is 1. The highest BCUT2D eigenvalue weighted by atomic mass is 16.6. The van der Waals surface area contributed by atoms with Crippen LogP contribution in [0.2, 0.25) is 0 Å². The summed E-state index contributed by atoms with van der Waals surface area (Å²) in [5.41, 5.74) is 6.41. The van der Waals surface area contributed by atoms with Crippen molar-refractivity contribution in [3.8, 4) is 11.8 Å². The lowest BCUT2D eigenvalue weighted by atomic mass is 9.82. The Morgan fingerprint density at radius 1 is 1.45 bits per heavy atom. The molecule has 2 heterocycles. The van der Waals surface area contributed by atoms with Gasteiger partial charge in [-0.2, -0.15) is 10.4 Å². The normalized spacial score (nSPS) is 15.8. The molecule has 1 atom stereocenters. The molecule has 0 saturated carbocycles. The quantitative estimate of drug-likeness (QED) is 0.400. The van der Waals surface area contributed by atoms with Crippen LogP contribution in [0.5, 0.6) is 5.75 Å². The lowest BCUT2D eigenvalue weighted by molar-refractivity contribution is -0.385. The first-order valence-electron chi connectivity index (χ1n) is 9.21. The number of carbonyl (C=O) groups excluding carboxylic acids is 1. The molecule has 1 aromatic heterocycles.